The van der Waals surface area contributed by atoms with E-state index in [1.54, 1.807) is 6.07 Å². The van der Waals surface area contributed by atoms with Crippen LogP contribution in [0.15, 0.2) is 47.1 Å². The molecule has 0 aliphatic heterocycles. The number of benzene rings is 1. The molecule has 0 unspecified atom stereocenters. The normalized spacial score (nSPS) is 10.8. The Balaban J connectivity index is 1.53. The average Bonchev–Trinajstić information content (AvgIpc) is 3.22. The summed E-state index contributed by atoms with van der Waals surface area (Å²) in [5, 5.41) is 0. The van der Waals surface area contributed by atoms with Crippen molar-refractivity contribution in [3.8, 4) is 5.75 Å². The Morgan fingerprint density at radius 2 is 1.45 bits per heavy atom. The van der Waals surface area contributed by atoms with Gasteiger partial charge in [0.1, 0.15) is 6.61 Å². The van der Waals surface area contributed by atoms with Crippen molar-refractivity contribution in [2.75, 3.05) is 6.61 Å². The Morgan fingerprint density at radius 3 is 2.10 bits per heavy atom. The lowest BCUT2D eigenvalue weighted by Gasteiger charge is -2.07. The lowest BCUT2D eigenvalue weighted by Crippen LogP contribution is -2.07. The molecule has 4 heteroatoms. The van der Waals surface area contributed by atoms with Crippen molar-refractivity contribution in [3.05, 3.63) is 54.0 Å². The van der Waals surface area contributed by atoms with Crippen molar-refractivity contribution in [1.29, 1.82) is 0 Å². The first-order valence-electron chi connectivity index (χ1n) is 11.2. The van der Waals surface area contributed by atoms with Crippen molar-refractivity contribution in [3.63, 3.8) is 0 Å². The molecule has 0 aliphatic carbocycles. The molecule has 0 bridgehead atoms. The van der Waals surface area contributed by atoms with Crippen LogP contribution >= 0.6 is 0 Å². The highest BCUT2D eigenvalue weighted by Gasteiger charge is 2.18. The van der Waals surface area contributed by atoms with E-state index >= 15 is 0 Å². The van der Waals surface area contributed by atoms with Crippen molar-refractivity contribution in [2.24, 2.45) is 0 Å². The van der Waals surface area contributed by atoms with Crippen LogP contribution in [-0.2, 0) is 11.3 Å². The Bertz CT molecular complexity index is 662. The molecule has 4 nitrogen and oxygen atoms in total. The number of unbranched alkanes of at least 4 members (excludes halogenated alkanes) is 10. The van der Waals surface area contributed by atoms with Crippen molar-refractivity contribution in [1.82, 2.24) is 0 Å². The Hall–Kier alpha value is -2.23. The molecule has 0 spiro atoms. The summed E-state index contributed by atoms with van der Waals surface area (Å²) in [6.45, 7) is 3.07. The van der Waals surface area contributed by atoms with E-state index in [0.717, 1.165) is 18.4 Å². The lowest BCUT2D eigenvalue weighted by molar-refractivity contribution is 0.0429. The van der Waals surface area contributed by atoms with E-state index in [9.17, 15) is 4.79 Å². The fraction of sp³-hybridized carbons (Fsp3) is 0.560. The zero-order valence-electron chi connectivity index (χ0n) is 17.9. The van der Waals surface area contributed by atoms with Gasteiger partial charge in [-0.25, -0.2) is 4.79 Å². The van der Waals surface area contributed by atoms with Crippen LogP contribution in [-0.4, -0.2) is 12.6 Å². The highest BCUT2D eigenvalue weighted by Crippen LogP contribution is 2.22. The van der Waals surface area contributed by atoms with Crippen LogP contribution < -0.4 is 4.74 Å². The smallest absolute Gasteiger partial charge is 0.378 e. The maximum Gasteiger partial charge on any atom is 0.378 e. The van der Waals surface area contributed by atoms with Gasteiger partial charge in [0.05, 0.1) is 12.9 Å². The second-order valence-corrected chi connectivity index (χ2v) is 7.56. The Morgan fingerprint density at radius 1 is 0.828 bits per heavy atom. The monoisotopic (exact) mass is 400 g/mol. The summed E-state index contributed by atoms with van der Waals surface area (Å²) in [7, 11) is 0. The van der Waals surface area contributed by atoms with Gasteiger partial charge in [0.15, 0.2) is 5.75 Å². The largest absolute Gasteiger partial charge is 0.489 e. The summed E-state index contributed by atoms with van der Waals surface area (Å²) >= 11 is 0. The van der Waals surface area contributed by atoms with Gasteiger partial charge in [-0.2, -0.15) is 0 Å². The van der Waals surface area contributed by atoms with Crippen LogP contribution in [0.2, 0.25) is 0 Å². The SMILES string of the molecule is CCCCCCCCCCCCCOc1ccoc1C(=O)OCc1ccccc1. The minimum atomic E-state index is -0.493. The third-order valence-corrected chi connectivity index (χ3v) is 5.03. The number of furan rings is 1. The molecule has 29 heavy (non-hydrogen) atoms. The second kappa shape index (κ2) is 14.7. The molecule has 0 N–H and O–H groups in total. The number of hydrogen-bond acceptors (Lipinski definition) is 4. The van der Waals surface area contributed by atoms with Crippen LogP contribution in [0.1, 0.15) is 93.7 Å². The molecule has 0 aliphatic rings. The molecule has 0 saturated carbocycles. The molecule has 0 atom stereocenters. The quantitative estimate of drug-likeness (QED) is 0.219. The zero-order chi connectivity index (χ0) is 20.6. The highest BCUT2D eigenvalue weighted by atomic mass is 16.6. The first-order valence-corrected chi connectivity index (χ1v) is 11.2. The predicted molar refractivity (Wildman–Crippen MR) is 116 cm³/mol. The number of carbonyl (C=O) groups excluding carboxylic acids is 1. The van der Waals surface area contributed by atoms with Crippen LogP contribution in [0.5, 0.6) is 5.75 Å². The van der Waals surface area contributed by atoms with Gasteiger partial charge in [-0.1, -0.05) is 101 Å². The summed E-state index contributed by atoms with van der Waals surface area (Å²) in [4.78, 5) is 12.2. The molecule has 1 aromatic heterocycles. The van der Waals surface area contributed by atoms with Crippen LogP contribution in [0.4, 0.5) is 0 Å². The van der Waals surface area contributed by atoms with E-state index in [2.05, 4.69) is 6.92 Å². The van der Waals surface area contributed by atoms with E-state index < -0.39 is 5.97 Å². The minimum Gasteiger partial charge on any atom is -0.489 e. The molecular weight excluding hydrogens is 364 g/mol. The number of esters is 1. The fourth-order valence-corrected chi connectivity index (χ4v) is 3.30. The number of ether oxygens (including phenoxy) is 2. The average molecular weight is 401 g/mol. The van der Waals surface area contributed by atoms with Gasteiger partial charge in [-0.15, -0.1) is 0 Å². The van der Waals surface area contributed by atoms with Crippen LogP contribution in [0.3, 0.4) is 0 Å². The lowest BCUT2D eigenvalue weighted by atomic mass is 10.1. The van der Waals surface area contributed by atoms with Crippen molar-refractivity contribution < 1.29 is 18.7 Å². The molecule has 0 amide bonds. The summed E-state index contributed by atoms with van der Waals surface area (Å²) in [5.41, 5.74) is 0.941. The fourth-order valence-electron chi connectivity index (χ4n) is 3.30. The van der Waals surface area contributed by atoms with Crippen LogP contribution in [0.25, 0.3) is 0 Å². The van der Waals surface area contributed by atoms with Crippen molar-refractivity contribution >= 4 is 5.97 Å². The van der Waals surface area contributed by atoms with E-state index in [0.29, 0.717) is 12.4 Å². The van der Waals surface area contributed by atoms with Gasteiger partial charge in [0.25, 0.3) is 5.76 Å². The third kappa shape index (κ3) is 9.69. The summed E-state index contributed by atoms with van der Waals surface area (Å²) in [6.07, 6.45) is 15.7. The zero-order valence-corrected chi connectivity index (χ0v) is 17.9. The second-order valence-electron chi connectivity index (χ2n) is 7.56. The Labute approximate surface area is 175 Å². The van der Waals surface area contributed by atoms with Gasteiger partial charge < -0.3 is 13.9 Å². The molecule has 1 heterocycles. The highest BCUT2D eigenvalue weighted by molar-refractivity contribution is 5.89. The summed E-state index contributed by atoms with van der Waals surface area (Å²) in [5.74, 6) is 0.118. The predicted octanol–water partition coefficient (Wildman–Crippen LogP) is 7.33. The Kier molecular flexibility index (Phi) is 11.7. The first kappa shape index (κ1) is 23.1. The molecule has 2 rings (SSSR count). The minimum absolute atomic E-state index is 0.143. The molecule has 1 aromatic carbocycles. The van der Waals surface area contributed by atoms with Crippen molar-refractivity contribution in [2.45, 2.75) is 84.2 Å². The van der Waals surface area contributed by atoms with E-state index in [1.807, 2.05) is 30.3 Å². The summed E-state index contributed by atoms with van der Waals surface area (Å²) in [6, 6.07) is 11.3. The van der Waals surface area contributed by atoms with Gasteiger partial charge >= 0.3 is 5.97 Å². The maximum absolute atomic E-state index is 12.2. The van der Waals surface area contributed by atoms with Gasteiger partial charge in [0.2, 0.25) is 0 Å². The van der Waals surface area contributed by atoms with Gasteiger partial charge in [0, 0.05) is 6.07 Å². The first-order chi connectivity index (χ1) is 14.3. The molecule has 0 radical (unpaired) electrons. The van der Waals surface area contributed by atoms with Crippen LogP contribution in [0, 0.1) is 0 Å². The number of carbonyl (C=O) groups is 1. The van der Waals surface area contributed by atoms with E-state index in [-0.39, 0.29) is 12.4 Å². The van der Waals surface area contributed by atoms with Gasteiger partial charge in [-0.3, -0.25) is 0 Å². The third-order valence-electron chi connectivity index (χ3n) is 5.03. The van der Waals surface area contributed by atoms with Gasteiger partial charge in [-0.05, 0) is 12.0 Å². The molecule has 0 fully saturated rings. The van der Waals surface area contributed by atoms with E-state index in [1.165, 1.54) is 64.1 Å². The topological polar surface area (TPSA) is 48.7 Å². The van der Waals surface area contributed by atoms with E-state index in [4.69, 9.17) is 13.9 Å². The molecule has 160 valence electrons. The standard InChI is InChI=1S/C25H36O4/c1-2-3-4-5-6-7-8-9-10-11-15-19-27-23-18-20-28-24(23)25(26)29-21-22-16-13-12-14-17-22/h12-14,16-18,20H,2-11,15,19,21H2,1H3. The number of hydrogen-bond donors (Lipinski definition) is 0. The molecule has 0 saturated heterocycles. The molecular formula is C25H36O4. The number of rotatable bonds is 16. The maximum atomic E-state index is 12.2. The molecule has 2 aromatic rings. The summed E-state index contributed by atoms with van der Waals surface area (Å²) < 4.78 is 16.3.